The zero-order valence-electron chi connectivity index (χ0n) is 13.2. The molecule has 10 heteroatoms. The number of benzene rings is 2. The van der Waals surface area contributed by atoms with Crippen LogP contribution in [-0.2, 0) is 12.8 Å². The molecule has 0 fully saturated rings. The van der Waals surface area contributed by atoms with Crippen LogP contribution in [0, 0.1) is 5.41 Å². The molecule has 0 saturated carbocycles. The van der Waals surface area contributed by atoms with Crippen molar-refractivity contribution < 1.29 is 17.9 Å². The molecule has 4 N–H and O–H groups in total. The number of nitrogens with zero attached hydrogens (tertiary/aromatic N) is 1. The third-order valence-electron chi connectivity index (χ3n) is 3.06. The third-order valence-corrected chi connectivity index (χ3v) is 3.46. The van der Waals surface area contributed by atoms with Gasteiger partial charge < -0.3 is 10.5 Å². The summed E-state index contributed by atoms with van der Waals surface area (Å²) >= 11 is 6.20. The first-order valence-electron chi connectivity index (χ1n) is 6.98. The van der Waals surface area contributed by atoms with Gasteiger partial charge in [-0.15, -0.1) is 12.4 Å². The number of alkyl halides is 3. The van der Waals surface area contributed by atoms with Crippen LogP contribution in [0.15, 0.2) is 47.6 Å². The summed E-state index contributed by atoms with van der Waals surface area (Å²) in [4.78, 5) is 0. The Kier molecular flexibility index (Phi) is 7.73. The number of halogens is 5. The second-order valence-electron chi connectivity index (χ2n) is 4.93. The molecule has 0 heterocycles. The first kappa shape index (κ1) is 21.6. The molecular formula is C16H15Cl2F3N4O. The van der Waals surface area contributed by atoms with Crippen molar-refractivity contribution in [3.63, 3.8) is 0 Å². The van der Waals surface area contributed by atoms with Gasteiger partial charge in [0.15, 0.2) is 0 Å². The molecule has 0 atom stereocenters. The second kappa shape index (κ2) is 9.30. The van der Waals surface area contributed by atoms with E-state index in [0.717, 1.165) is 12.1 Å². The van der Waals surface area contributed by atoms with E-state index in [0.29, 0.717) is 16.9 Å². The minimum Gasteiger partial charge on any atom is -0.487 e. The van der Waals surface area contributed by atoms with Gasteiger partial charge >= 0.3 is 6.18 Å². The molecule has 0 saturated heterocycles. The highest BCUT2D eigenvalue weighted by Gasteiger charge is 2.29. The Labute approximate surface area is 158 Å². The van der Waals surface area contributed by atoms with Gasteiger partial charge in [0.2, 0.25) is 5.96 Å². The van der Waals surface area contributed by atoms with Crippen molar-refractivity contribution in [3.05, 3.63) is 64.2 Å². The average molecular weight is 407 g/mol. The highest BCUT2D eigenvalue weighted by atomic mass is 35.5. The van der Waals surface area contributed by atoms with E-state index in [4.69, 9.17) is 27.5 Å². The molecule has 2 rings (SSSR count). The molecule has 5 nitrogen and oxygen atoms in total. The molecule has 0 bridgehead atoms. The number of nitrogens with two attached hydrogens (primary N) is 1. The van der Waals surface area contributed by atoms with Gasteiger partial charge in [-0.3, -0.25) is 5.41 Å². The van der Waals surface area contributed by atoms with E-state index in [1.807, 2.05) is 0 Å². The summed E-state index contributed by atoms with van der Waals surface area (Å²) in [7, 11) is 0. The molecule has 0 unspecified atom stereocenters. The van der Waals surface area contributed by atoms with Crippen LogP contribution in [0.5, 0.6) is 5.75 Å². The molecule has 140 valence electrons. The molecular weight excluding hydrogens is 392 g/mol. The molecule has 26 heavy (non-hydrogen) atoms. The summed E-state index contributed by atoms with van der Waals surface area (Å²) in [5.74, 6) is 0.0374. The normalized spacial score (nSPS) is 11.1. The maximum atomic E-state index is 12.5. The zero-order chi connectivity index (χ0) is 18.4. The molecule has 2 aromatic carbocycles. The lowest BCUT2D eigenvalue weighted by Crippen LogP contribution is -2.25. The van der Waals surface area contributed by atoms with E-state index in [9.17, 15) is 13.2 Å². The first-order chi connectivity index (χ1) is 11.8. The smallest absolute Gasteiger partial charge is 0.416 e. The number of nitrogens with one attached hydrogen (secondary N) is 2. The van der Waals surface area contributed by atoms with Crippen LogP contribution < -0.4 is 15.9 Å². The lowest BCUT2D eigenvalue weighted by molar-refractivity contribution is -0.137. The van der Waals surface area contributed by atoms with E-state index >= 15 is 0 Å². The third kappa shape index (κ3) is 6.12. The molecule has 2 aromatic rings. The Hall–Kier alpha value is -2.45. The lowest BCUT2D eigenvalue weighted by atomic mass is 10.1. The fraction of sp³-hybridized carbons (Fsp3) is 0.125. The van der Waals surface area contributed by atoms with Gasteiger partial charge in [-0.1, -0.05) is 35.9 Å². The highest BCUT2D eigenvalue weighted by molar-refractivity contribution is 6.34. The maximum absolute atomic E-state index is 12.5. The van der Waals surface area contributed by atoms with E-state index in [1.54, 1.807) is 18.2 Å². The fourth-order valence-electron chi connectivity index (χ4n) is 1.86. The van der Waals surface area contributed by atoms with Crippen LogP contribution in [0.3, 0.4) is 0 Å². The average Bonchev–Trinajstić information content (AvgIpc) is 2.54. The van der Waals surface area contributed by atoms with E-state index in [2.05, 4.69) is 10.5 Å². The van der Waals surface area contributed by atoms with Crippen molar-refractivity contribution in [1.82, 2.24) is 5.43 Å². The van der Waals surface area contributed by atoms with Crippen molar-refractivity contribution >= 4 is 36.2 Å². The monoisotopic (exact) mass is 406 g/mol. The molecule has 0 aliphatic carbocycles. The van der Waals surface area contributed by atoms with E-state index in [-0.39, 0.29) is 30.0 Å². The summed E-state index contributed by atoms with van der Waals surface area (Å²) in [5.41, 5.74) is 7.74. The van der Waals surface area contributed by atoms with Gasteiger partial charge in [0.25, 0.3) is 0 Å². The number of hydrazone groups is 1. The molecule has 0 aliphatic heterocycles. The Morgan fingerprint density at radius 3 is 2.46 bits per heavy atom. The highest BCUT2D eigenvalue weighted by Crippen LogP contribution is 2.30. The summed E-state index contributed by atoms with van der Waals surface area (Å²) in [6.45, 7) is 0.0597. The van der Waals surface area contributed by atoms with Gasteiger partial charge in [0.05, 0.1) is 16.8 Å². The van der Waals surface area contributed by atoms with Gasteiger partial charge in [-0.2, -0.15) is 18.3 Å². The zero-order valence-corrected chi connectivity index (χ0v) is 14.8. The quantitative estimate of drug-likeness (QED) is 0.395. The molecule has 0 spiro atoms. The number of hydrogen-bond donors (Lipinski definition) is 3. The van der Waals surface area contributed by atoms with Crippen molar-refractivity contribution in [2.75, 3.05) is 0 Å². The number of hydrogen-bond acceptors (Lipinski definition) is 3. The van der Waals surface area contributed by atoms with Crippen molar-refractivity contribution in [2.24, 2.45) is 10.8 Å². The SMILES string of the molecule is Cl.N=C(N)N/N=C/c1cccc(OCc2ccc(C(F)(F)F)cc2)c1Cl. The summed E-state index contributed by atoms with van der Waals surface area (Å²) < 4.78 is 43.2. The minimum atomic E-state index is -4.37. The van der Waals surface area contributed by atoms with Crippen LogP contribution in [0.4, 0.5) is 13.2 Å². The first-order valence-corrected chi connectivity index (χ1v) is 7.35. The van der Waals surface area contributed by atoms with Crippen molar-refractivity contribution in [2.45, 2.75) is 12.8 Å². The van der Waals surface area contributed by atoms with E-state index in [1.165, 1.54) is 18.3 Å². The number of ether oxygens (including phenoxy) is 1. The maximum Gasteiger partial charge on any atom is 0.416 e. The summed E-state index contributed by atoms with van der Waals surface area (Å²) in [6, 6.07) is 9.68. The topological polar surface area (TPSA) is 83.5 Å². The second-order valence-corrected chi connectivity index (χ2v) is 5.30. The van der Waals surface area contributed by atoms with Crippen LogP contribution in [0.2, 0.25) is 5.02 Å². The van der Waals surface area contributed by atoms with Crippen molar-refractivity contribution in [1.29, 1.82) is 5.41 Å². The number of rotatable bonds is 5. The Balaban J connectivity index is 0.00000338. The molecule has 0 aromatic heterocycles. The van der Waals surface area contributed by atoms with E-state index < -0.39 is 11.7 Å². The lowest BCUT2D eigenvalue weighted by Gasteiger charge is -2.11. The van der Waals surface area contributed by atoms with Gasteiger partial charge in [0, 0.05) is 5.56 Å². The Morgan fingerprint density at radius 2 is 1.88 bits per heavy atom. The number of guanidine groups is 1. The molecule has 0 aliphatic rings. The molecule has 0 amide bonds. The van der Waals surface area contributed by atoms with Crippen LogP contribution >= 0.6 is 24.0 Å². The van der Waals surface area contributed by atoms with Gasteiger partial charge in [0.1, 0.15) is 12.4 Å². The summed E-state index contributed by atoms with van der Waals surface area (Å²) in [5, 5.41) is 11.0. The Bertz CT molecular complexity index is 780. The molecule has 0 radical (unpaired) electrons. The van der Waals surface area contributed by atoms with Crippen LogP contribution in [0.25, 0.3) is 0 Å². The fourth-order valence-corrected chi connectivity index (χ4v) is 2.09. The van der Waals surface area contributed by atoms with Gasteiger partial charge in [-0.05, 0) is 23.8 Å². The predicted octanol–water partition coefficient (Wildman–Crippen LogP) is 4.18. The largest absolute Gasteiger partial charge is 0.487 e. The predicted molar refractivity (Wildman–Crippen MR) is 97.1 cm³/mol. The minimum absolute atomic E-state index is 0. The Morgan fingerprint density at radius 1 is 1.23 bits per heavy atom. The summed E-state index contributed by atoms with van der Waals surface area (Å²) in [6.07, 6.45) is -3.00. The van der Waals surface area contributed by atoms with Crippen LogP contribution in [-0.4, -0.2) is 12.2 Å². The standard InChI is InChI=1S/C16H14ClF3N4O.ClH/c17-14-11(8-23-24-15(21)22)2-1-3-13(14)25-9-10-4-6-12(7-5-10)16(18,19)20;/h1-8H,9H2,(H4,21,22,24);1H/b23-8+;. The van der Waals surface area contributed by atoms with Gasteiger partial charge in [-0.25, -0.2) is 5.43 Å². The van der Waals surface area contributed by atoms with Crippen molar-refractivity contribution in [3.8, 4) is 5.75 Å². The van der Waals surface area contributed by atoms with Crippen LogP contribution in [0.1, 0.15) is 16.7 Å².